The van der Waals surface area contributed by atoms with E-state index in [2.05, 4.69) is 0 Å². The number of alkyl halides is 3. The minimum absolute atomic E-state index is 0.220. The Morgan fingerprint density at radius 1 is 0.938 bits per heavy atom. The molecule has 0 saturated heterocycles. The highest BCUT2D eigenvalue weighted by Crippen LogP contribution is 2.36. The Morgan fingerprint density at radius 2 is 1.75 bits per heavy atom. The van der Waals surface area contributed by atoms with Crippen molar-refractivity contribution in [3.63, 3.8) is 0 Å². The molecule has 7 heteroatoms. The van der Waals surface area contributed by atoms with Gasteiger partial charge >= 0.3 is 11.8 Å². The zero-order chi connectivity index (χ0) is 22.3. The first-order valence-electron chi connectivity index (χ1n) is 10.0. The average molecular weight is 437 g/mol. The molecule has 1 aliphatic heterocycles. The van der Waals surface area contributed by atoms with Gasteiger partial charge in [0.15, 0.2) is 0 Å². The lowest BCUT2D eigenvalue weighted by Gasteiger charge is -2.29. The molecule has 5 rings (SSSR count). The van der Waals surface area contributed by atoms with E-state index in [1.54, 1.807) is 6.07 Å². The standard InChI is InChI=1S/C25H18F3NO3/c26-25(27,28)18-8-4-5-16(11-18)13-29-14-21-22(31-15-29)10-9-19-20(12-23(30)32-24(19)21)17-6-2-1-3-7-17/h1-12H,13-15H2. The van der Waals surface area contributed by atoms with Crippen LogP contribution in [0.15, 0.2) is 82.0 Å². The van der Waals surface area contributed by atoms with Gasteiger partial charge in [0, 0.05) is 24.5 Å². The molecular weight excluding hydrogens is 419 g/mol. The van der Waals surface area contributed by atoms with Crippen molar-refractivity contribution in [3.05, 3.63) is 99.9 Å². The van der Waals surface area contributed by atoms with Crippen LogP contribution >= 0.6 is 0 Å². The number of rotatable bonds is 3. The van der Waals surface area contributed by atoms with Crippen molar-refractivity contribution in [3.8, 4) is 16.9 Å². The van der Waals surface area contributed by atoms with E-state index in [0.717, 1.165) is 28.6 Å². The van der Waals surface area contributed by atoms with Crippen LogP contribution in [0.5, 0.6) is 5.75 Å². The van der Waals surface area contributed by atoms with Crippen molar-refractivity contribution in [2.24, 2.45) is 0 Å². The molecule has 2 heterocycles. The summed E-state index contributed by atoms with van der Waals surface area (Å²) in [7, 11) is 0. The molecule has 32 heavy (non-hydrogen) atoms. The molecule has 3 aromatic carbocycles. The monoisotopic (exact) mass is 437 g/mol. The third-order valence-corrected chi connectivity index (χ3v) is 5.50. The van der Waals surface area contributed by atoms with Gasteiger partial charge in [-0.3, -0.25) is 4.90 Å². The van der Waals surface area contributed by atoms with Gasteiger partial charge in [-0.1, -0.05) is 48.5 Å². The SMILES string of the molecule is O=c1cc(-c2ccccc2)c2ccc3c(c2o1)CN(Cc1cccc(C(F)(F)F)c1)CO3. The third kappa shape index (κ3) is 3.87. The molecule has 0 aliphatic carbocycles. The summed E-state index contributed by atoms with van der Waals surface area (Å²) in [5, 5.41) is 0.777. The quantitative estimate of drug-likeness (QED) is 0.378. The van der Waals surface area contributed by atoms with E-state index in [-0.39, 0.29) is 13.3 Å². The van der Waals surface area contributed by atoms with Crippen LogP contribution in [0.4, 0.5) is 13.2 Å². The average Bonchev–Trinajstić information content (AvgIpc) is 2.79. The van der Waals surface area contributed by atoms with Gasteiger partial charge in [-0.25, -0.2) is 4.79 Å². The molecule has 0 amide bonds. The van der Waals surface area contributed by atoms with E-state index in [4.69, 9.17) is 9.15 Å². The summed E-state index contributed by atoms with van der Waals surface area (Å²) in [5.41, 5.74) is 2.16. The van der Waals surface area contributed by atoms with Crippen molar-refractivity contribution in [1.29, 1.82) is 0 Å². The van der Waals surface area contributed by atoms with E-state index >= 15 is 0 Å². The summed E-state index contributed by atoms with van der Waals surface area (Å²) in [6.45, 7) is 0.865. The predicted molar refractivity (Wildman–Crippen MR) is 114 cm³/mol. The number of hydrogen-bond donors (Lipinski definition) is 0. The second-order valence-corrected chi connectivity index (χ2v) is 7.72. The zero-order valence-electron chi connectivity index (χ0n) is 16.9. The molecule has 0 spiro atoms. The van der Waals surface area contributed by atoms with Gasteiger partial charge in [0.1, 0.15) is 18.1 Å². The van der Waals surface area contributed by atoms with Gasteiger partial charge < -0.3 is 9.15 Å². The van der Waals surface area contributed by atoms with Crippen LogP contribution in [0, 0.1) is 0 Å². The topological polar surface area (TPSA) is 42.7 Å². The highest BCUT2D eigenvalue weighted by molar-refractivity contribution is 5.95. The van der Waals surface area contributed by atoms with Gasteiger partial charge in [0.2, 0.25) is 0 Å². The van der Waals surface area contributed by atoms with Gasteiger partial charge in [-0.2, -0.15) is 13.2 Å². The first kappa shape index (κ1) is 20.3. The first-order chi connectivity index (χ1) is 15.4. The zero-order valence-corrected chi connectivity index (χ0v) is 16.9. The molecule has 0 bridgehead atoms. The molecule has 0 radical (unpaired) electrons. The number of fused-ring (bicyclic) bond motifs is 3. The summed E-state index contributed by atoms with van der Waals surface area (Å²) in [6, 6.07) is 20.0. The van der Waals surface area contributed by atoms with Gasteiger partial charge in [-0.05, 0) is 34.9 Å². The van der Waals surface area contributed by atoms with Crippen LogP contribution in [0.1, 0.15) is 16.7 Å². The summed E-state index contributed by atoms with van der Waals surface area (Å²) in [5.74, 6) is 0.603. The normalized spacial score (nSPS) is 14.2. The number of nitrogens with zero attached hydrogens (tertiary/aromatic N) is 1. The van der Waals surface area contributed by atoms with Gasteiger partial charge in [0.25, 0.3) is 0 Å². The smallest absolute Gasteiger partial charge is 0.416 e. The number of ether oxygens (including phenoxy) is 1. The summed E-state index contributed by atoms with van der Waals surface area (Å²) in [6.07, 6.45) is -4.39. The second kappa shape index (κ2) is 7.84. The molecule has 1 aromatic heterocycles. The van der Waals surface area contributed by atoms with E-state index in [0.29, 0.717) is 29.0 Å². The summed E-state index contributed by atoms with van der Waals surface area (Å²) in [4.78, 5) is 14.2. The van der Waals surface area contributed by atoms with E-state index < -0.39 is 17.4 Å². The Hall–Kier alpha value is -3.58. The van der Waals surface area contributed by atoms with Crippen LogP contribution in [0.25, 0.3) is 22.1 Å². The van der Waals surface area contributed by atoms with Crippen molar-refractivity contribution >= 4 is 11.0 Å². The van der Waals surface area contributed by atoms with Crippen molar-refractivity contribution in [2.45, 2.75) is 19.3 Å². The number of hydrogen-bond acceptors (Lipinski definition) is 4. The molecule has 0 N–H and O–H groups in total. The van der Waals surface area contributed by atoms with Crippen LogP contribution in [-0.4, -0.2) is 11.6 Å². The number of halogens is 3. The van der Waals surface area contributed by atoms with Gasteiger partial charge in [0.05, 0.1) is 11.1 Å². The Labute approximate surface area is 181 Å². The van der Waals surface area contributed by atoms with Crippen LogP contribution in [0.3, 0.4) is 0 Å². The second-order valence-electron chi connectivity index (χ2n) is 7.72. The van der Waals surface area contributed by atoms with Gasteiger partial charge in [-0.15, -0.1) is 0 Å². The Kier molecular flexibility index (Phi) is 4.98. The molecular formula is C25H18F3NO3. The molecule has 0 fully saturated rings. The first-order valence-corrected chi connectivity index (χ1v) is 10.0. The number of benzene rings is 3. The highest BCUT2D eigenvalue weighted by Gasteiger charge is 2.30. The minimum atomic E-state index is -4.39. The lowest BCUT2D eigenvalue weighted by molar-refractivity contribution is -0.137. The third-order valence-electron chi connectivity index (χ3n) is 5.50. The van der Waals surface area contributed by atoms with Crippen molar-refractivity contribution in [1.82, 2.24) is 4.90 Å². The van der Waals surface area contributed by atoms with Crippen LogP contribution < -0.4 is 10.4 Å². The minimum Gasteiger partial charge on any atom is -0.478 e. The van der Waals surface area contributed by atoms with E-state index in [1.165, 1.54) is 12.1 Å². The summed E-state index contributed by atoms with van der Waals surface area (Å²) >= 11 is 0. The van der Waals surface area contributed by atoms with E-state index in [1.807, 2.05) is 47.4 Å². The van der Waals surface area contributed by atoms with E-state index in [9.17, 15) is 18.0 Å². The Bertz CT molecular complexity index is 1350. The Balaban J connectivity index is 1.51. The fourth-order valence-electron chi connectivity index (χ4n) is 4.04. The molecule has 4 nitrogen and oxygen atoms in total. The van der Waals surface area contributed by atoms with Crippen molar-refractivity contribution in [2.75, 3.05) is 6.73 Å². The fraction of sp³-hybridized carbons (Fsp3) is 0.160. The fourth-order valence-corrected chi connectivity index (χ4v) is 4.04. The molecule has 1 aliphatic rings. The molecule has 162 valence electrons. The molecule has 0 unspecified atom stereocenters. The maximum Gasteiger partial charge on any atom is 0.416 e. The van der Waals surface area contributed by atoms with Crippen LogP contribution in [0.2, 0.25) is 0 Å². The lowest BCUT2D eigenvalue weighted by Crippen LogP contribution is -2.31. The lowest BCUT2D eigenvalue weighted by atomic mass is 9.99. The Morgan fingerprint density at radius 3 is 2.53 bits per heavy atom. The molecule has 4 aromatic rings. The maximum atomic E-state index is 13.1. The maximum absolute atomic E-state index is 13.1. The highest BCUT2D eigenvalue weighted by atomic mass is 19.4. The molecule has 0 atom stereocenters. The van der Waals surface area contributed by atoms with Crippen LogP contribution in [-0.2, 0) is 19.3 Å². The summed E-state index contributed by atoms with van der Waals surface area (Å²) < 4.78 is 50.6. The molecule has 0 saturated carbocycles. The predicted octanol–water partition coefficient (Wildman–Crippen LogP) is 5.83. The largest absolute Gasteiger partial charge is 0.478 e. The van der Waals surface area contributed by atoms with Crippen molar-refractivity contribution < 1.29 is 22.3 Å².